The number of carbonyl (C=O) groups excluding carboxylic acids is 1. The maximum absolute atomic E-state index is 13.1. The van der Waals surface area contributed by atoms with Crippen LogP contribution < -0.4 is 5.32 Å². The number of nitrogens with zero attached hydrogens (tertiary/aromatic N) is 2. The number of carbonyl (C=O) groups is 1. The number of hydrogen-bond acceptors (Lipinski definition) is 2. The fourth-order valence-electron chi connectivity index (χ4n) is 5.37. The number of unbranched alkanes of at least 4 members (excludes halogenated alkanes) is 15. The summed E-state index contributed by atoms with van der Waals surface area (Å²) in [5.41, 5.74) is 2.64. The van der Waals surface area contributed by atoms with Gasteiger partial charge in [-0.25, -0.2) is 9.37 Å². The highest BCUT2D eigenvalue weighted by Crippen LogP contribution is 2.19. The molecular formula is C34H50FN3O. The number of aromatic nitrogens is 2. The molecule has 3 aromatic rings. The van der Waals surface area contributed by atoms with Gasteiger partial charge in [-0.1, -0.05) is 115 Å². The van der Waals surface area contributed by atoms with Crippen molar-refractivity contribution >= 4 is 16.9 Å². The number of hydrogen-bond donors (Lipinski definition) is 1. The summed E-state index contributed by atoms with van der Waals surface area (Å²) in [4.78, 5) is 17.2. The maximum Gasteiger partial charge on any atom is 0.251 e. The second-order valence-electron chi connectivity index (χ2n) is 11.0. The average Bonchev–Trinajstić information content (AvgIpc) is 3.30. The Labute approximate surface area is 235 Å². The molecule has 0 unspecified atom stereocenters. The molecule has 5 heteroatoms. The quantitative estimate of drug-likeness (QED) is 0.138. The molecule has 1 aromatic heterocycles. The van der Waals surface area contributed by atoms with E-state index in [1.54, 1.807) is 0 Å². The molecule has 1 N–H and O–H groups in total. The van der Waals surface area contributed by atoms with Gasteiger partial charge in [0.25, 0.3) is 5.91 Å². The summed E-state index contributed by atoms with van der Waals surface area (Å²) in [5.74, 6) is 0.487. The summed E-state index contributed by atoms with van der Waals surface area (Å²) in [7, 11) is 0. The van der Waals surface area contributed by atoms with Crippen LogP contribution in [0.5, 0.6) is 0 Å². The van der Waals surface area contributed by atoms with Crippen LogP contribution in [0.1, 0.15) is 126 Å². The first kappa shape index (κ1) is 30.8. The Morgan fingerprint density at radius 2 is 1.28 bits per heavy atom. The lowest BCUT2D eigenvalue weighted by Crippen LogP contribution is -2.26. The van der Waals surface area contributed by atoms with E-state index in [9.17, 15) is 9.18 Å². The van der Waals surface area contributed by atoms with Gasteiger partial charge in [0.05, 0.1) is 11.0 Å². The van der Waals surface area contributed by atoms with E-state index in [4.69, 9.17) is 4.98 Å². The number of nitrogens with one attached hydrogen (secondary N) is 1. The van der Waals surface area contributed by atoms with Crippen LogP contribution in [-0.2, 0) is 13.0 Å². The first-order valence-corrected chi connectivity index (χ1v) is 15.7. The zero-order chi connectivity index (χ0) is 27.5. The van der Waals surface area contributed by atoms with Crippen LogP contribution in [0.3, 0.4) is 0 Å². The van der Waals surface area contributed by atoms with Crippen molar-refractivity contribution in [3.05, 3.63) is 65.7 Å². The van der Waals surface area contributed by atoms with Gasteiger partial charge in [0.15, 0.2) is 0 Å². The Balaban J connectivity index is 1.28. The Bertz CT molecular complexity index is 1080. The van der Waals surface area contributed by atoms with Crippen molar-refractivity contribution in [3.63, 3.8) is 0 Å². The van der Waals surface area contributed by atoms with Crippen molar-refractivity contribution in [1.29, 1.82) is 0 Å². The molecular weight excluding hydrogens is 485 g/mol. The summed E-state index contributed by atoms with van der Waals surface area (Å²) >= 11 is 0. The summed E-state index contributed by atoms with van der Waals surface area (Å²) in [5, 5.41) is 2.95. The van der Waals surface area contributed by atoms with Crippen LogP contribution in [-0.4, -0.2) is 22.0 Å². The molecule has 2 aromatic carbocycles. The third-order valence-corrected chi connectivity index (χ3v) is 7.71. The highest BCUT2D eigenvalue weighted by molar-refractivity contribution is 5.94. The van der Waals surface area contributed by atoms with Crippen molar-refractivity contribution in [2.24, 2.45) is 0 Å². The SMILES string of the molecule is CCCCCCCCCCCCCCCCCCn1c(CCNC(=O)c2ccc(F)cc2)nc2ccccc21. The minimum Gasteiger partial charge on any atom is -0.352 e. The van der Waals surface area contributed by atoms with Crippen LogP contribution in [0.2, 0.25) is 0 Å². The predicted molar refractivity (Wildman–Crippen MR) is 162 cm³/mol. The highest BCUT2D eigenvalue weighted by atomic mass is 19.1. The fourth-order valence-corrected chi connectivity index (χ4v) is 5.37. The van der Waals surface area contributed by atoms with Crippen LogP contribution in [0, 0.1) is 5.82 Å². The average molecular weight is 536 g/mol. The molecule has 1 heterocycles. The summed E-state index contributed by atoms with van der Waals surface area (Å²) in [6, 6.07) is 13.9. The van der Waals surface area contributed by atoms with Gasteiger partial charge in [0.1, 0.15) is 11.6 Å². The van der Waals surface area contributed by atoms with Gasteiger partial charge in [0, 0.05) is 25.1 Å². The van der Waals surface area contributed by atoms with E-state index in [2.05, 4.69) is 35.0 Å². The zero-order valence-electron chi connectivity index (χ0n) is 24.2. The molecule has 4 nitrogen and oxygen atoms in total. The van der Waals surface area contributed by atoms with Crippen molar-refractivity contribution < 1.29 is 9.18 Å². The first-order valence-electron chi connectivity index (χ1n) is 15.7. The molecule has 0 aliphatic heterocycles. The van der Waals surface area contributed by atoms with Crippen molar-refractivity contribution in [2.45, 2.75) is 123 Å². The van der Waals surface area contributed by atoms with Gasteiger partial charge >= 0.3 is 0 Å². The third kappa shape index (κ3) is 11.5. The Morgan fingerprint density at radius 1 is 0.744 bits per heavy atom. The van der Waals surface area contributed by atoms with Gasteiger partial charge in [-0.15, -0.1) is 0 Å². The van der Waals surface area contributed by atoms with Crippen molar-refractivity contribution in [1.82, 2.24) is 14.9 Å². The van der Waals surface area contributed by atoms with E-state index < -0.39 is 0 Å². The minimum absolute atomic E-state index is 0.185. The number of halogens is 1. The van der Waals surface area contributed by atoms with Crippen LogP contribution in [0.4, 0.5) is 4.39 Å². The van der Waals surface area contributed by atoms with E-state index >= 15 is 0 Å². The number of aryl methyl sites for hydroxylation is 1. The number of imidazole rings is 1. The molecule has 0 saturated carbocycles. The standard InChI is InChI=1S/C34H50FN3O/c1-2-3-4-5-6-7-8-9-10-11-12-13-14-15-16-19-28-38-32-21-18-17-20-31(32)37-33(38)26-27-36-34(39)29-22-24-30(35)25-23-29/h17-18,20-25H,2-16,19,26-28H2,1H3,(H,36,39). The lowest BCUT2D eigenvalue weighted by Gasteiger charge is -2.10. The Kier molecular flexibility index (Phi) is 14.7. The molecule has 0 atom stereocenters. The van der Waals surface area contributed by atoms with Crippen LogP contribution in [0.25, 0.3) is 11.0 Å². The number of rotatable bonds is 21. The van der Waals surface area contributed by atoms with E-state index in [0.717, 1.165) is 24.3 Å². The molecule has 1 amide bonds. The number of amides is 1. The molecule has 0 bridgehead atoms. The van der Waals surface area contributed by atoms with E-state index in [1.807, 2.05) is 6.07 Å². The predicted octanol–water partition coefficient (Wildman–Crippen LogP) is 9.41. The number of fused-ring (bicyclic) bond motifs is 1. The topological polar surface area (TPSA) is 46.9 Å². The molecule has 0 aliphatic rings. The van der Waals surface area contributed by atoms with Gasteiger partial charge in [-0.05, 0) is 42.8 Å². The van der Waals surface area contributed by atoms with Crippen LogP contribution in [0.15, 0.2) is 48.5 Å². The fraction of sp³-hybridized carbons (Fsp3) is 0.588. The second kappa shape index (κ2) is 18.6. The highest BCUT2D eigenvalue weighted by Gasteiger charge is 2.11. The summed E-state index contributed by atoms with van der Waals surface area (Å²) in [6.45, 7) is 3.74. The smallest absolute Gasteiger partial charge is 0.251 e. The molecule has 39 heavy (non-hydrogen) atoms. The Hall–Kier alpha value is -2.69. The molecule has 0 aliphatic carbocycles. The molecule has 214 valence electrons. The van der Waals surface area contributed by atoms with Crippen LogP contribution >= 0.6 is 0 Å². The van der Waals surface area contributed by atoms with Crippen molar-refractivity contribution in [3.8, 4) is 0 Å². The van der Waals surface area contributed by atoms with Gasteiger partial charge < -0.3 is 9.88 Å². The Morgan fingerprint density at radius 3 is 1.87 bits per heavy atom. The lowest BCUT2D eigenvalue weighted by molar-refractivity contribution is 0.0954. The molecule has 3 rings (SSSR count). The molecule has 0 radical (unpaired) electrons. The summed E-state index contributed by atoms with van der Waals surface area (Å²) in [6.07, 6.45) is 22.6. The number of para-hydroxylation sites is 2. The zero-order valence-corrected chi connectivity index (χ0v) is 24.2. The monoisotopic (exact) mass is 535 g/mol. The summed E-state index contributed by atoms with van der Waals surface area (Å²) < 4.78 is 15.5. The van der Waals surface area contributed by atoms with E-state index in [0.29, 0.717) is 18.5 Å². The third-order valence-electron chi connectivity index (χ3n) is 7.71. The molecule has 0 saturated heterocycles. The second-order valence-corrected chi connectivity index (χ2v) is 11.0. The normalized spacial score (nSPS) is 11.3. The van der Waals surface area contributed by atoms with Gasteiger partial charge in [-0.3, -0.25) is 4.79 Å². The van der Waals surface area contributed by atoms with E-state index in [1.165, 1.54) is 126 Å². The minimum atomic E-state index is -0.339. The molecule has 0 spiro atoms. The first-order chi connectivity index (χ1) is 19.2. The number of benzene rings is 2. The van der Waals surface area contributed by atoms with E-state index in [-0.39, 0.29) is 11.7 Å². The van der Waals surface area contributed by atoms with Crippen molar-refractivity contribution in [2.75, 3.05) is 6.54 Å². The lowest BCUT2D eigenvalue weighted by atomic mass is 10.0. The molecule has 0 fully saturated rings. The van der Waals surface area contributed by atoms with Gasteiger partial charge in [0.2, 0.25) is 0 Å². The largest absolute Gasteiger partial charge is 0.352 e. The maximum atomic E-state index is 13.1. The van der Waals surface area contributed by atoms with Gasteiger partial charge in [-0.2, -0.15) is 0 Å².